The van der Waals surface area contributed by atoms with E-state index in [2.05, 4.69) is 4.90 Å². The molecule has 1 unspecified atom stereocenters. The molecule has 14 heavy (non-hydrogen) atoms. The molecule has 1 aliphatic rings. The monoisotopic (exact) mass is 201 g/mol. The third kappa shape index (κ3) is 3.95. The van der Waals surface area contributed by atoms with Crippen LogP contribution >= 0.6 is 0 Å². The molecule has 1 N–H and O–H groups in total. The number of likely N-dealkylation sites (tertiary alicyclic amines) is 1. The minimum absolute atomic E-state index is 0.325. The van der Waals surface area contributed by atoms with Gasteiger partial charge in [-0.15, -0.1) is 0 Å². The maximum Gasteiger partial charge on any atom is 0.0474 e. The molecule has 3 heteroatoms. The maximum atomic E-state index is 8.96. The van der Waals surface area contributed by atoms with Gasteiger partial charge >= 0.3 is 0 Å². The number of hydrogen-bond acceptors (Lipinski definition) is 3. The molecule has 0 aromatic heterocycles. The van der Waals surface area contributed by atoms with Crippen LogP contribution < -0.4 is 0 Å². The molecular weight excluding hydrogens is 178 g/mol. The van der Waals surface area contributed by atoms with Crippen molar-refractivity contribution in [3.8, 4) is 0 Å². The molecule has 1 aliphatic heterocycles. The second-order valence-electron chi connectivity index (χ2n) is 4.04. The van der Waals surface area contributed by atoms with E-state index in [4.69, 9.17) is 9.84 Å². The fourth-order valence-electron chi connectivity index (χ4n) is 2.24. The lowest BCUT2D eigenvalue weighted by molar-refractivity contribution is 0.103. The first-order chi connectivity index (χ1) is 6.88. The zero-order chi connectivity index (χ0) is 10.2. The highest BCUT2D eigenvalue weighted by molar-refractivity contribution is 4.76. The van der Waals surface area contributed by atoms with Gasteiger partial charge in [-0.05, 0) is 32.2 Å². The number of ether oxygens (including phenoxy) is 1. The SMILES string of the molecule is COCCCN1CCCCC1CCO. The standard InChI is InChI=1S/C11H23NO2/c1-14-10-4-8-12-7-3-2-5-11(12)6-9-13/h11,13H,2-10H2,1H3. The Kier molecular flexibility index (Phi) is 6.15. The maximum absolute atomic E-state index is 8.96. The van der Waals surface area contributed by atoms with Crippen LogP contribution in [0.25, 0.3) is 0 Å². The molecule has 0 aromatic rings. The number of hydrogen-bond donors (Lipinski definition) is 1. The van der Waals surface area contributed by atoms with Gasteiger partial charge in [-0.2, -0.15) is 0 Å². The van der Waals surface area contributed by atoms with Gasteiger partial charge in [-0.1, -0.05) is 6.42 Å². The average Bonchev–Trinajstić information content (AvgIpc) is 2.21. The number of aliphatic hydroxyl groups is 1. The van der Waals surface area contributed by atoms with Crippen molar-refractivity contribution < 1.29 is 9.84 Å². The van der Waals surface area contributed by atoms with Crippen LogP contribution in [0.5, 0.6) is 0 Å². The van der Waals surface area contributed by atoms with Crippen molar-refractivity contribution in [1.82, 2.24) is 4.90 Å². The molecule has 0 aromatic carbocycles. The summed E-state index contributed by atoms with van der Waals surface area (Å²) in [6.07, 6.45) is 5.94. The highest BCUT2D eigenvalue weighted by Gasteiger charge is 2.20. The van der Waals surface area contributed by atoms with Gasteiger partial charge in [-0.3, -0.25) is 0 Å². The summed E-state index contributed by atoms with van der Waals surface area (Å²) in [5.41, 5.74) is 0. The third-order valence-electron chi connectivity index (χ3n) is 3.01. The fraction of sp³-hybridized carbons (Fsp3) is 1.00. The molecule has 0 bridgehead atoms. The first-order valence-electron chi connectivity index (χ1n) is 5.72. The van der Waals surface area contributed by atoms with Gasteiger partial charge in [0.25, 0.3) is 0 Å². The van der Waals surface area contributed by atoms with Gasteiger partial charge in [0.15, 0.2) is 0 Å². The number of rotatable bonds is 6. The quantitative estimate of drug-likeness (QED) is 0.657. The van der Waals surface area contributed by atoms with E-state index in [1.807, 2.05) is 0 Å². The number of piperidine rings is 1. The Hall–Kier alpha value is -0.120. The average molecular weight is 201 g/mol. The molecule has 1 saturated heterocycles. The zero-order valence-electron chi connectivity index (χ0n) is 9.24. The van der Waals surface area contributed by atoms with Crippen molar-refractivity contribution in [1.29, 1.82) is 0 Å². The van der Waals surface area contributed by atoms with Gasteiger partial charge in [0.1, 0.15) is 0 Å². The predicted octanol–water partition coefficient (Wildman–Crippen LogP) is 1.26. The summed E-state index contributed by atoms with van der Waals surface area (Å²) in [5, 5.41) is 8.96. The van der Waals surface area contributed by atoms with E-state index < -0.39 is 0 Å². The van der Waals surface area contributed by atoms with Crippen LogP contribution in [0.4, 0.5) is 0 Å². The Labute approximate surface area is 87.1 Å². The summed E-state index contributed by atoms with van der Waals surface area (Å²) in [5.74, 6) is 0. The molecule has 0 aliphatic carbocycles. The molecule has 1 atom stereocenters. The molecule has 0 amide bonds. The van der Waals surface area contributed by atoms with Crippen molar-refractivity contribution in [2.45, 2.75) is 38.1 Å². The highest BCUT2D eigenvalue weighted by Crippen LogP contribution is 2.19. The Morgan fingerprint density at radius 1 is 1.43 bits per heavy atom. The summed E-state index contributed by atoms with van der Waals surface area (Å²) >= 11 is 0. The Balaban J connectivity index is 2.22. The minimum Gasteiger partial charge on any atom is -0.396 e. The van der Waals surface area contributed by atoms with E-state index in [-0.39, 0.29) is 0 Å². The first-order valence-corrected chi connectivity index (χ1v) is 5.72. The largest absolute Gasteiger partial charge is 0.396 e. The molecule has 1 fully saturated rings. The van der Waals surface area contributed by atoms with E-state index in [9.17, 15) is 0 Å². The van der Waals surface area contributed by atoms with Crippen molar-refractivity contribution in [3.63, 3.8) is 0 Å². The summed E-state index contributed by atoms with van der Waals surface area (Å²) in [6.45, 7) is 3.50. The van der Waals surface area contributed by atoms with Crippen LogP contribution in [0.1, 0.15) is 32.1 Å². The fourth-order valence-corrected chi connectivity index (χ4v) is 2.24. The van der Waals surface area contributed by atoms with Crippen LogP contribution in [0.2, 0.25) is 0 Å². The third-order valence-corrected chi connectivity index (χ3v) is 3.01. The van der Waals surface area contributed by atoms with Crippen molar-refractivity contribution >= 4 is 0 Å². The molecule has 3 nitrogen and oxygen atoms in total. The molecule has 1 rings (SSSR count). The predicted molar refractivity (Wildman–Crippen MR) is 57.4 cm³/mol. The molecule has 1 heterocycles. The lowest BCUT2D eigenvalue weighted by atomic mass is 9.99. The van der Waals surface area contributed by atoms with E-state index in [1.165, 1.54) is 25.8 Å². The Bertz CT molecular complexity index is 139. The van der Waals surface area contributed by atoms with E-state index in [0.29, 0.717) is 12.6 Å². The summed E-state index contributed by atoms with van der Waals surface area (Å²) < 4.78 is 5.05. The van der Waals surface area contributed by atoms with Crippen molar-refractivity contribution in [2.24, 2.45) is 0 Å². The van der Waals surface area contributed by atoms with Gasteiger partial charge in [0.05, 0.1) is 0 Å². The van der Waals surface area contributed by atoms with Crippen LogP contribution in [-0.4, -0.2) is 49.5 Å². The van der Waals surface area contributed by atoms with Gasteiger partial charge < -0.3 is 14.7 Å². The van der Waals surface area contributed by atoms with E-state index >= 15 is 0 Å². The highest BCUT2D eigenvalue weighted by atomic mass is 16.5. The molecular formula is C11H23NO2. The van der Waals surface area contributed by atoms with Crippen LogP contribution in [0, 0.1) is 0 Å². The Morgan fingerprint density at radius 2 is 2.29 bits per heavy atom. The zero-order valence-corrected chi connectivity index (χ0v) is 9.24. The summed E-state index contributed by atoms with van der Waals surface area (Å²) in [6, 6.07) is 0.616. The number of nitrogens with zero attached hydrogens (tertiary/aromatic N) is 1. The second kappa shape index (κ2) is 7.21. The summed E-state index contributed by atoms with van der Waals surface area (Å²) in [7, 11) is 1.75. The first kappa shape index (κ1) is 12.0. The van der Waals surface area contributed by atoms with Gasteiger partial charge in [-0.25, -0.2) is 0 Å². The topological polar surface area (TPSA) is 32.7 Å². The smallest absolute Gasteiger partial charge is 0.0474 e. The van der Waals surface area contributed by atoms with Gasteiger partial charge in [0, 0.05) is 32.9 Å². The number of aliphatic hydroxyl groups excluding tert-OH is 1. The van der Waals surface area contributed by atoms with Crippen LogP contribution in [0.3, 0.4) is 0 Å². The normalized spacial score (nSPS) is 24.0. The van der Waals surface area contributed by atoms with E-state index in [1.54, 1.807) is 7.11 Å². The number of methoxy groups -OCH3 is 1. The van der Waals surface area contributed by atoms with Crippen LogP contribution in [0.15, 0.2) is 0 Å². The molecule has 0 spiro atoms. The van der Waals surface area contributed by atoms with Gasteiger partial charge in [0.2, 0.25) is 0 Å². The van der Waals surface area contributed by atoms with E-state index in [0.717, 1.165) is 26.0 Å². The van der Waals surface area contributed by atoms with Crippen molar-refractivity contribution in [2.75, 3.05) is 33.4 Å². The lowest BCUT2D eigenvalue weighted by Gasteiger charge is -2.35. The molecule has 84 valence electrons. The Morgan fingerprint density at radius 3 is 3.00 bits per heavy atom. The van der Waals surface area contributed by atoms with Crippen molar-refractivity contribution in [3.05, 3.63) is 0 Å². The molecule has 0 saturated carbocycles. The molecule has 0 radical (unpaired) electrons. The van der Waals surface area contributed by atoms with Crippen LogP contribution in [-0.2, 0) is 4.74 Å². The summed E-state index contributed by atoms with van der Waals surface area (Å²) in [4.78, 5) is 2.51. The second-order valence-corrected chi connectivity index (χ2v) is 4.04. The lowest BCUT2D eigenvalue weighted by Crippen LogP contribution is -2.40. The minimum atomic E-state index is 0.325.